The van der Waals surface area contributed by atoms with E-state index in [0.29, 0.717) is 22.8 Å². The van der Waals surface area contributed by atoms with E-state index in [-0.39, 0.29) is 11.2 Å². The van der Waals surface area contributed by atoms with Gasteiger partial charge in [-0.3, -0.25) is 19.5 Å². The first-order chi connectivity index (χ1) is 11.5. The van der Waals surface area contributed by atoms with Gasteiger partial charge in [0.25, 0.3) is 17.0 Å². The maximum atomic E-state index is 12.7. The molecule has 0 aliphatic rings. The fourth-order valence-electron chi connectivity index (χ4n) is 2.44. The number of nitro benzene ring substituents is 1. The quantitative estimate of drug-likeness (QED) is 0.399. The van der Waals surface area contributed by atoms with Crippen LogP contribution in [0.5, 0.6) is 0 Å². The zero-order valence-corrected chi connectivity index (χ0v) is 12.3. The van der Waals surface area contributed by atoms with Crippen LogP contribution in [-0.2, 0) is 0 Å². The molecule has 118 valence electrons. The lowest BCUT2D eigenvalue weighted by atomic mass is 10.2. The minimum Gasteiger partial charge on any atom is -0.282 e. The number of hydrogen-bond donors (Lipinski definition) is 0. The van der Waals surface area contributed by atoms with Gasteiger partial charge in [0.2, 0.25) is 0 Å². The second-order valence-corrected chi connectivity index (χ2v) is 5.07. The molecule has 10 heteroatoms. The number of nitro groups is 1. The number of benzene rings is 1. The van der Waals surface area contributed by atoms with Crippen molar-refractivity contribution in [1.29, 1.82) is 0 Å². The lowest BCUT2D eigenvalue weighted by Crippen LogP contribution is -2.20. The Labute approximate surface area is 133 Å². The Morgan fingerprint density at radius 3 is 2.58 bits per heavy atom. The fraction of sp³-hybridized carbons (Fsp3) is 0.0714. The molecule has 4 rings (SSSR count). The van der Waals surface area contributed by atoms with Crippen molar-refractivity contribution in [2.75, 3.05) is 0 Å². The summed E-state index contributed by atoms with van der Waals surface area (Å²) in [4.78, 5) is 27.0. The maximum absolute atomic E-state index is 12.7. The highest BCUT2D eigenvalue weighted by Gasteiger charge is 2.13. The SMILES string of the molecule is Cc1nc2nnc3c(=O)n(-c4ccc([N+](=O)[O-])cc4)ccc3n2n1. The van der Waals surface area contributed by atoms with E-state index in [0.717, 1.165) is 0 Å². The molecule has 0 radical (unpaired) electrons. The van der Waals surface area contributed by atoms with Crippen molar-refractivity contribution >= 4 is 22.5 Å². The van der Waals surface area contributed by atoms with Gasteiger partial charge in [0, 0.05) is 24.0 Å². The molecule has 3 heterocycles. The van der Waals surface area contributed by atoms with Crippen LogP contribution in [0.3, 0.4) is 0 Å². The third kappa shape index (κ3) is 2.00. The van der Waals surface area contributed by atoms with Crippen molar-refractivity contribution in [3.63, 3.8) is 0 Å². The van der Waals surface area contributed by atoms with E-state index in [9.17, 15) is 14.9 Å². The van der Waals surface area contributed by atoms with Gasteiger partial charge in [-0.25, -0.2) is 0 Å². The zero-order chi connectivity index (χ0) is 16.8. The molecule has 0 atom stereocenters. The normalized spacial score (nSPS) is 11.2. The standard InChI is InChI=1S/C14H9N7O3/c1-8-15-14-17-16-12-11(20(14)18-8)6-7-19(13(12)22)9-2-4-10(5-3-9)21(23)24/h2-7H,1H3. The van der Waals surface area contributed by atoms with Gasteiger partial charge in [0.1, 0.15) is 11.3 Å². The second-order valence-electron chi connectivity index (χ2n) is 5.07. The number of rotatable bonds is 2. The van der Waals surface area contributed by atoms with Gasteiger partial charge in [0.05, 0.1) is 4.92 Å². The number of fused-ring (bicyclic) bond motifs is 3. The number of aryl methyl sites for hydroxylation is 1. The van der Waals surface area contributed by atoms with Gasteiger partial charge in [-0.2, -0.15) is 9.50 Å². The number of aromatic nitrogens is 6. The predicted octanol–water partition coefficient (Wildman–Crippen LogP) is 1.04. The molecular formula is C14H9N7O3. The van der Waals surface area contributed by atoms with Crippen LogP contribution in [0.1, 0.15) is 5.82 Å². The van der Waals surface area contributed by atoms with E-state index in [1.807, 2.05) is 0 Å². The van der Waals surface area contributed by atoms with E-state index in [1.165, 1.54) is 33.3 Å². The molecule has 24 heavy (non-hydrogen) atoms. The van der Waals surface area contributed by atoms with Crippen LogP contribution < -0.4 is 5.56 Å². The highest BCUT2D eigenvalue weighted by atomic mass is 16.6. The summed E-state index contributed by atoms with van der Waals surface area (Å²) in [5.74, 6) is 0.837. The van der Waals surface area contributed by atoms with Crippen LogP contribution in [0.25, 0.3) is 22.5 Å². The molecule has 1 aromatic carbocycles. The van der Waals surface area contributed by atoms with Crippen LogP contribution in [-0.4, -0.2) is 34.3 Å². The zero-order valence-electron chi connectivity index (χ0n) is 12.3. The number of nitrogens with zero attached hydrogens (tertiary/aromatic N) is 7. The molecule has 0 unspecified atom stereocenters. The average Bonchev–Trinajstić information content (AvgIpc) is 2.96. The molecule has 0 saturated carbocycles. The monoisotopic (exact) mass is 323 g/mol. The Hall–Kier alpha value is -3.69. The molecule has 0 N–H and O–H groups in total. The van der Waals surface area contributed by atoms with Gasteiger partial charge < -0.3 is 0 Å². The first-order valence-corrected chi connectivity index (χ1v) is 6.91. The number of non-ortho nitro benzene ring substituents is 1. The number of pyridine rings is 1. The number of hydrogen-bond acceptors (Lipinski definition) is 7. The van der Waals surface area contributed by atoms with Gasteiger partial charge in [-0.05, 0) is 25.1 Å². The van der Waals surface area contributed by atoms with Crippen molar-refractivity contribution in [1.82, 2.24) is 29.4 Å². The van der Waals surface area contributed by atoms with E-state index in [2.05, 4.69) is 20.3 Å². The topological polar surface area (TPSA) is 121 Å². The van der Waals surface area contributed by atoms with Crippen molar-refractivity contribution in [2.24, 2.45) is 0 Å². The summed E-state index contributed by atoms with van der Waals surface area (Å²) < 4.78 is 2.80. The summed E-state index contributed by atoms with van der Waals surface area (Å²) in [6.45, 7) is 1.72. The molecule has 0 aliphatic heterocycles. The minimum atomic E-state index is -0.498. The highest BCUT2D eigenvalue weighted by molar-refractivity contribution is 5.74. The lowest BCUT2D eigenvalue weighted by molar-refractivity contribution is -0.384. The van der Waals surface area contributed by atoms with Crippen LogP contribution in [0.15, 0.2) is 41.3 Å². The lowest BCUT2D eigenvalue weighted by Gasteiger charge is -2.06. The molecule has 3 aromatic heterocycles. The largest absolute Gasteiger partial charge is 0.285 e. The fourth-order valence-corrected chi connectivity index (χ4v) is 2.44. The van der Waals surface area contributed by atoms with Gasteiger partial charge in [-0.15, -0.1) is 15.3 Å². The summed E-state index contributed by atoms with van der Waals surface area (Å²) in [5.41, 5.74) is 0.664. The molecule has 0 saturated heterocycles. The third-order valence-corrected chi connectivity index (χ3v) is 3.55. The highest BCUT2D eigenvalue weighted by Crippen LogP contribution is 2.15. The Kier molecular flexibility index (Phi) is 2.85. The minimum absolute atomic E-state index is 0.0489. The third-order valence-electron chi connectivity index (χ3n) is 3.55. The van der Waals surface area contributed by atoms with Gasteiger partial charge in [0.15, 0.2) is 5.52 Å². The van der Waals surface area contributed by atoms with Crippen molar-refractivity contribution < 1.29 is 4.92 Å². The summed E-state index contributed by atoms with van der Waals surface area (Å²) >= 11 is 0. The Morgan fingerprint density at radius 1 is 1.12 bits per heavy atom. The molecule has 0 amide bonds. The Bertz CT molecular complexity index is 1160. The van der Waals surface area contributed by atoms with Crippen molar-refractivity contribution in [3.8, 4) is 5.69 Å². The van der Waals surface area contributed by atoms with Gasteiger partial charge in [-0.1, -0.05) is 0 Å². The van der Waals surface area contributed by atoms with Crippen molar-refractivity contribution in [3.05, 3.63) is 62.8 Å². The summed E-state index contributed by atoms with van der Waals surface area (Å²) in [6, 6.07) is 7.34. The van der Waals surface area contributed by atoms with E-state index < -0.39 is 10.5 Å². The van der Waals surface area contributed by atoms with E-state index in [4.69, 9.17) is 0 Å². The van der Waals surface area contributed by atoms with E-state index >= 15 is 0 Å². The molecule has 4 aromatic rings. The van der Waals surface area contributed by atoms with E-state index in [1.54, 1.807) is 19.2 Å². The molecule has 0 spiro atoms. The average molecular weight is 323 g/mol. The Balaban J connectivity index is 1.94. The smallest absolute Gasteiger partial charge is 0.282 e. The summed E-state index contributed by atoms with van der Waals surface area (Å²) in [5, 5.41) is 22.8. The molecular weight excluding hydrogens is 314 g/mol. The second kappa shape index (κ2) is 4.91. The van der Waals surface area contributed by atoms with Crippen LogP contribution in [0.2, 0.25) is 0 Å². The van der Waals surface area contributed by atoms with Crippen molar-refractivity contribution in [2.45, 2.75) is 6.92 Å². The first kappa shape index (κ1) is 13.9. The Morgan fingerprint density at radius 2 is 1.88 bits per heavy atom. The first-order valence-electron chi connectivity index (χ1n) is 6.91. The molecule has 10 nitrogen and oxygen atoms in total. The maximum Gasteiger partial charge on any atom is 0.285 e. The van der Waals surface area contributed by atoms with Crippen LogP contribution >= 0.6 is 0 Å². The van der Waals surface area contributed by atoms with Crippen LogP contribution in [0.4, 0.5) is 5.69 Å². The molecule has 0 bridgehead atoms. The van der Waals surface area contributed by atoms with Crippen LogP contribution in [0, 0.1) is 17.0 Å². The molecule has 0 aliphatic carbocycles. The summed E-state index contributed by atoms with van der Waals surface area (Å²) in [7, 11) is 0. The predicted molar refractivity (Wildman–Crippen MR) is 83.1 cm³/mol. The summed E-state index contributed by atoms with van der Waals surface area (Å²) in [6.07, 6.45) is 1.56. The van der Waals surface area contributed by atoms with Gasteiger partial charge >= 0.3 is 0 Å². The molecule has 0 fully saturated rings.